The lowest BCUT2D eigenvalue weighted by Crippen LogP contribution is -2.31. The zero-order valence-electron chi connectivity index (χ0n) is 11.5. The average molecular weight is 292 g/mol. The number of carbonyl (C=O) groups is 3. The summed E-state index contributed by atoms with van der Waals surface area (Å²) in [5.74, 6) is 4.37. The molecule has 2 aliphatic rings. The molecule has 3 rings (SSSR count). The van der Waals surface area contributed by atoms with Crippen LogP contribution in [0.4, 0.5) is 0 Å². The third-order valence-corrected chi connectivity index (χ3v) is 4.20. The number of hydrogen-bond acceptors (Lipinski definition) is 6. The Balaban J connectivity index is 1.74. The Labute approximate surface area is 120 Å². The predicted molar refractivity (Wildman–Crippen MR) is 69.1 cm³/mol. The third-order valence-electron chi connectivity index (χ3n) is 4.20. The maximum absolute atomic E-state index is 12.3. The van der Waals surface area contributed by atoms with Crippen molar-refractivity contribution in [1.29, 1.82) is 0 Å². The Hall–Kier alpha value is -2.22. The highest BCUT2D eigenvalue weighted by molar-refractivity contribution is 6.05. The van der Waals surface area contributed by atoms with Crippen LogP contribution in [0.25, 0.3) is 0 Å². The van der Waals surface area contributed by atoms with Gasteiger partial charge in [-0.15, -0.1) is 0 Å². The fourth-order valence-corrected chi connectivity index (χ4v) is 3.23. The first kappa shape index (κ1) is 13.7. The standard InChI is InChI=1S/C13H16N4O4/c1-6-2-8-9(3-6)13(20)17(12(8)19)5-7-4-10(16-21-7)11(18)15-14/h4,6,8-9H,2-3,5,14H2,1H3,(H,15,18). The number of hydrazine groups is 1. The van der Waals surface area contributed by atoms with Crippen molar-refractivity contribution in [2.75, 3.05) is 0 Å². The van der Waals surface area contributed by atoms with Crippen molar-refractivity contribution in [1.82, 2.24) is 15.5 Å². The van der Waals surface area contributed by atoms with Crippen molar-refractivity contribution >= 4 is 17.7 Å². The molecule has 2 fully saturated rings. The topological polar surface area (TPSA) is 119 Å². The molecule has 1 saturated heterocycles. The molecule has 2 unspecified atom stereocenters. The van der Waals surface area contributed by atoms with Gasteiger partial charge in [0.15, 0.2) is 11.5 Å². The number of fused-ring (bicyclic) bond motifs is 1. The van der Waals surface area contributed by atoms with Gasteiger partial charge >= 0.3 is 0 Å². The van der Waals surface area contributed by atoms with Crippen LogP contribution >= 0.6 is 0 Å². The first-order valence-electron chi connectivity index (χ1n) is 6.83. The van der Waals surface area contributed by atoms with Crippen LogP contribution < -0.4 is 11.3 Å². The summed E-state index contributed by atoms with van der Waals surface area (Å²) in [6.07, 6.45) is 1.51. The fourth-order valence-electron chi connectivity index (χ4n) is 3.23. The van der Waals surface area contributed by atoms with E-state index in [-0.39, 0.29) is 41.6 Å². The highest BCUT2D eigenvalue weighted by Crippen LogP contribution is 2.43. The number of nitrogens with zero attached hydrogens (tertiary/aromatic N) is 2. The number of hydrogen-bond donors (Lipinski definition) is 2. The van der Waals surface area contributed by atoms with E-state index < -0.39 is 5.91 Å². The predicted octanol–water partition coefficient (Wildman–Crippen LogP) is -0.191. The number of nitrogens with two attached hydrogens (primary N) is 1. The molecule has 112 valence electrons. The Morgan fingerprint density at radius 1 is 1.43 bits per heavy atom. The molecule has 3 N–H and O–H groups in total. The second-order valence-corrected chi connectivity index (χ2v) is 5.70. The number of carbonyl (C=O) groups excluding carboxylic acids is 3. The van der Waals surface area contributed by atoms with Crippen LogP contribution in [0.1, 0.15) is 36.0 Å². The summed E-state index contributed by atoms with van der Waals surface area (Å²) in [6.45, 7) is 2.06. The smallest absolute Gasteiger partial charge is 0.287 e. The Bertz CT molecular complexity index is 587. The fraction of sp³-hybridized carbons (Fsp3) is 0.538. The first-order chi connectivity index (χ1) is 10.0. The van der Waals surface area contributed by atoms with Crippen LogP contribution in [0.15, 0.2) is 10.6 Å². The SMILES string of the molecule is CC1CC2C(=O)N(Cc3cc(C(=O)NN)no3)C(=O)C2C1. The normalized spacial score (nSPS) is 28.1. The lowest BCUT2D eigenvalue weighted by molar-refractivity contribution is -0.141. The van der Waals surface area contributed by atoms with Gasteiger partial charge in [-0.1, -0.05) is 12.1 Å². The number of imide groups is 1. The van der Waals surface area contributed by atoms with Crippen molar-refractivity contribution in [2.45, 2.75) is 26.3 Å². The third kappa shape index (κ3) is 2.21. The molecule has 21 heavy (non-hydrogen) atoms. The average Bonchev–Trinajstić information content (AvgIpc) is 3.13. The van der Waals surface area contributed by atoms with E-state index in [4.69, 9.17) is 10.4 Å². The van der Waals surface area contributed by atoms with E-state index >= 15 is 0 Å². The summed E-state index contributed by atoms with van der Waals surface area (Å²) in [6, 6.07) is 1.37. The van der Waals surface area contributed by atoms with E-state index in [1.165, 1.54) is 11.0 Å². The van der Waals surface area contributed by atoms with E-state index in [0.29, 0.717) is 5.92 Å². The molecule has 1 aliphatic carbocycles. The van der Waals surface area contributed by atoms with Gasteiger partial charge in [0, 0.05) is 6.07 Å². The number of aromatic nitrogens is 1. The van der Waals surface area contributed by atoms with Gasteiger partial charge in [-0.05, 0) is 18.8 Å². The largest absolute Gasteiger partial charge is 0.359 e. The maximum atomic E-state index is 12.3. The first-order valence-corrected chi connectivity index (χ1v) is 6.83. The summed E-state index contributed by atoms with van der Waals surface area (Å²) >= 11 is 0. The second kappa shape index (κ2) is 4.96. The van der Waals surface area contributed by atoms with Crippen LogP contribution in [0.5, 0.6) is 0 Å². The molecule has 1 aromatic heterocycles. The molecule has 2 heterocycles. The van der Waals surface area contributed by atoms with Crippen LogP contribution in [0.2, 0.25) is 0 Å². The van der Waals surface area contributed by atoms with Gasteiger partial charge in [-0.2, -0.15) is 0 Å². The van der Waals surface area contributed by atoms with Crippen LogP contribution in [-0.2, 0) is 16.1 Å². The van der Waals surface area contributed by atoms with E-state index in [1.807, 2.05) is 5.43 Å². The summed E-state index contributed by atoms with van der Waals surface area (Å²) in [7, 11) is 0. The molecule has 3 amide bonds. The number of likely N-dealkylation sites (tertiary alicyclic amines) is 1. The van der Waals surface area contributed by atoms with Crippen molar-refractivity contribution in [3.05, 3.63) is 17.5 Å². The van der Waals surface area contributed by atoms with Gasteiger partial charge in [-0.25, -0.2) is 5.84 Å². The molecule has 1 aliphatic heterocycles. The Kier molecular flexibility index (Phi) is 3.25. The summed E-state index contributed by atoms with van der Waals surface area (Å²) < 4.78 is 4.98. The highest BCUT2D eigenvalue weighted by atomic mass is 16.5. The zero-order chi connectivity index (χ0) is 15.1. The van der Waals surface area contributed by atoms with E-state index in [2.05, 4.69) is 12.1 Å². The second-order valence-electron chi connectivity index (χ2n) is 5.70. The number of nitrogens with one attached hydrogen (secondary N) is 1. The molecule has 1 aromatic rings. The van der Waals surface area contributed by atoms with Crippen molar-refractivity contribution in [2.24, 2.45) is 23.6 Å². The minimum Gasteiger partial charge on any atom is -0.359 e. The van der Waals surface area contributed by atoms with E-state index in [9.17, 15) is 14.4 Å². The Morgan fingerprint density at radius 3 is 2.62 bits per heavy atom. The molecule has 2 atom stereocenters. The molecule has 8 nitrogen and oxygen atoms in total. The molecular weight excluding hydrogens is 276 g/mol. The minimum atomic E-state index is -0.588. The van der Waals surface area contributed by atoms with Gasteiger partial charge in [0.1, 0.15) is 0 Å². The molecule has 0 radical (unpaired) electrons. The van der Waals surface area contributed by atoms with Crippen LogP contribution in [0.3, 0.4) is 0 Å². The lowest BCUT2D eigenvalue weighted by Gasteiger charge is -2.14. The molecular formula is C13H16N4O4. The zero-order valence-corrected chi connectivity index (χ0v) is 11.5. The van der Waals surface area contributed by atoms with Gasteiger partial charge in [0.2, 0.25) is 11.8 Å². The van der Waals surface area contributed by atoms with Crippen LogP contribution in [-0.4, -0.2) is 27.8 Å². The van der Waals surface area contributed by atoms with Gasteiger partial charge in [0.25, 0.3) is 5.91 Å². The quantitative estimate of drug-likeness (QED) is 0.345. The Morgan fingerprint density at radius 2 is 2.05 bits per heavy atom. The maximum Gasteiger partial charge on any atom is 0.287 e. The van der Waals surface area contributed by atoms with Gasteiger partial charge < -0.3 is 4.52 Å². The van der Waals surface area contributed by atoms with Gasteiger partial charge in [0.05, 0.1) is 18.4 Å². The number of rotatable bonds is 3. The number of nitrogen functional groups attached to an aromatic ring is 1. The molecule has 8 heteroatoms. The summed E-state index contributed by atoms with van der Waals surface area (Å²) in [5.41, 5.74) is 1.95. The molecule has 1 saturated carbocycles. The molecule has 0 spiro atoms. The van der Waals surface area contributed by atoms with Crippen molar-refractivity contribution in [3.63, 3.8) is 0 Å². The van der Waals surface area contributed by atoms with E-state index in [0.717, 1.165) is 12.8 Å². The van der Waals surface area contributed by atoms with Crippen LogP contribution in [0, 0.1) is 17.8 Å². The number of amides is 3. The summed E-state index contributed by atoms with van der Waals surface area (Å²) in [4.78, 5) is 37.1. The summed E-state index contributed by atoms with van der Waals surface area (Å²) in [5, 5.41) is 3.55. The van der Waals surface area contributed by atoms with Gasteiger partial charge in [-0.3, -0.25) is 24.7 Å². The highest BCUT2D eigenvalue weighted by Gasteiger charge is 2.51. The lowest BCUT2D eigenvalue weighted by atomic mass is 10.00. The van der Waals surface area contributed by atoms with Crippen molar-refractivity contribution in [3.8, 4) is 0 Å². The van der Waals surface area contributed by atoms with Crippen molar-refractivity contribution < 1.29 is 18.9 Å². The minimum absolute atomic E-state index is 0.00387. The monoisotopic (exact) mass is 292 g/mol. The van der Waals surface area contributed by atoms with E-state index in [1.54, 1.807) is 0 Å². The molecule has 0 bridgehead atoms. The molecule has 0 aromatic carbocycles.